The number of rotatable bonds is 7. The average molecular weight is 380 g/mol. The number of nitrogens with one attached hydrogen (secondary N) is 1. The van der Waals surface area contributed by atoms with Gasteiger partial charge in [-0.3, -0.25) is 4.57 Å². The van der Waals surface area contributed by atoms with Crippen molar-refractivity contribution in [2.45, 2.75) is 62.8 Å². The van der Waals surface area contributed by atoms with E-state index in [4.69, 9.17) is 4.42 Å². The summed E-state index contributed by atoms with van der Waals surface area (Å²) in [5.41, 5.74) is -0.212. The molecule has 9 heteroatoms. The van der Waals surface area contributed by atoms with Gasteiger partial charge in [0, 0.05) is 12.6 Å². The molecule has 2 fully saturated rings. The minimum Gasteiger partial charge on any atom is -0.461 e. The fraction of sp³-hybridized carbons (Fsp3) is 0.647. The normalized spacial score (nSPS) is 19.1. The Labute approximate surface area is 152 Å². The van der Waals surface area contributed by atoms with E-state index < -0.39 is 10.0 Å². The number of furan rings is 1. The van der Waals surface area contributed by atoms with Gasteiger partial charge in [-0.2, -0.15) is 0 Å². The van der Waals surface area contributed by atoms with Crippen molar-refractivity contribution in [3.63, 3.8) is 0 Å². The van der Waals surface area contributed by atoms with E-state index >= 15 is 0 Å². The summed E-state index contributed by atoms with van der Waals surface area (Å²) in [4.78, 5) is 12.7. The van der Waals surface area contributed by atoms with Crippen molar-refractivity contribution >= 4 is 10.0 Å². The summed E-state index contributed by atoms with van der Waals surface area (Å²) in [6.45, 7) is 0.371. The highest BCUT2D eigenvalue weighted by molar-refractivity contribution is 7.90. The predicted octanol–water partition coefficient (Wildman–Crippen LogP) is 1.89. The maximum Gasteiger partial charge on any atom is 0.346 e. The molecule has 0 radical (unpaired) electrons. The minimum absolute atomic E-state index is 0.162. The summed E-state index contributed by atoms with van der Waals surface area (Å²) in [5.74, 6) is 1.06. The van der Waals surface area contributed by atoms with Crippen LogP contribution in [-0.2, 0) is 16.6 Å². The quantitative estimate of drug-likeness (QED) is 0.791. The Bertz CT molecular complexity index is 903. The molecule has 0 atom stereocenters. The molecule has 8 nitrogen and oxygen atoms in total. The fourth-order valence-electron chi connectivity index (χ4n) is 3.59. The molecule has 0 unspecified atom stereocenters. The molecule has 142 valence electrons. The average Bonchev–Trinajstić information content (AvgIpc) is 3.21. The highest BCUT2D eigenvalue weighted by atomic mass is 32.2. The minimum atomic E-state index is -3.34. The molecule has 2 aromatic heterocycles. The third kappa shape index (κ3) is 3.50. The second-order valence-electron chi connectivity index (χ2n) is 7.11. The van der Waals surface area contributed by atoms with Crippen molar-refractivity contribution in [2.24, 2.45) is 0 Å². The zero-order chi connectivity index (χ0) is 18.1. The van der Waals surface area contributed by atoms with Crippen LogP contribution in [0.2, 0.25) is 0 Å². The first-order valence-corrected chi connectivity index (χ1v) is 10.8. The summed E-state index contributed by atoms with van der Waals surface area (Å²) in [7, 11) is -3.34. The van der Waals surface area contributed by atoms with Crippen LogP contribution in [0.1, 0.15) is 51.0 Å². The highest BCUT2D eigenvalue weighted by Crippen LogP contribution is 2.36. The second kappa shape index (κ2) is 7.03. The smallest absolute Gasteiger partial charge is 0.346 e. The molecule has 2 aliphatic rings. The molecule has 2 saturated carbocycles. The summed E-state index contributed by atoms with van der Waals surface area (Å²) >= 11 is 0. The van der Waals surface area contributed by atoms with E-state index in [-0.39, 0.29) is 30.1 Å². The Hall–Kier alpha value is -1.87. The molecule has 4 rings (SSSR count). The first-order valence-electron chi connectivity index (χ1n) is 9.28. The van der Waals surface area contributed by atoms with Crippen molar-refractivity contribution in [1.82, 2.24) is 19.1 Å². The van der Waals surface area contributed by atoms with Crippen molar-refractivity contribution in [3.8, 4) is 11.6 Å². The lowest BCUT2D eigenvalue weighted by molar-refractivity contribution is 0.474. The van der Waals surface area contributed by atoms with Gasteiger partial charge in [-0.25, -0.2) is 22.6 Å². The molecule has 0 spiro atoms. The maximum atomic E-state index is 12.7. The monoisotopic (exact) mass is 380 g/mol. The zero-order valence-electron chi connectivity index (χ0n) is 14.6. The van der Waals surface area contributed by atoms with E-state index in [9.17, 15) is 13.2 Å². The first kappa shape index (κ1) is 17.5. The molecule has 0 saturated heterocycles. The zero-order valence-corrected chi connectivity index (χ0v) is 15.5. The molecule has 2 aliphatic carbocycles. The third-order valence-corrected chi connectivity index (χ3v) is 7.10. The molecule has 0 aliphatic heterocycles. The molecule has 1 N–H and O–H groups in total. The first-order chi connectivity index (χ1) is 12.6. The van der Waals surface area contributed by atoms with E-state index in [0.717, 1.165) is 32.1 Å². The molecular formula is C17H24N4O4S. The van der Waals surface area contributed by atoms with Gasteiger partial charge < -0.3 is 4.42 Å². The molecular weight excluding hydrogens is 356 g/mol. The van der Waals surface area contributed by atoms with Gasteiger partial charge in [0.25, 0.3) is 0 Å². The summed E-state index contributed by atoms with van der Waals surface area (Å²) in [6.07, 6.45) is 7.92. The van der Waals surface area contributed by atoms with Gasteiger partial charge in [0.05, 0.1) is 18.1 Å². The molecule has 2 aromatic rings. The van der Waals surface area contributed by atoms with Crippen molar-refractivity contribution in [3.05, 3.63) is 28.9 Å². The Kier molecular flexibility index (Phi) is 4.74. The van der Waals surface area contributed by atoms with Crippen molar-refractivity contribution in [1.29, 1.82) is 0 Å². The molecule has 26 heavy (non-hydrogen) atoms. The Morgan fingerprint density at radius 1 is 1.19 bits per heavy atom. The van der Waals surface area contributed by atoms with Gasteiger partial charge in [0.2, 0.25) is 15.8 Å². The number of sulfonamides is 1. The van der Waals surface area contributed by atoms with Crippen LogP contribution < -0.4 is 10.4 Å². The van der Waals surface area contributed by atoms with Gasteiger partial charge in [-0.05, 0) is 37.8 Å². The van der Waals surface area contributed by atoms with Gasteiger partial charge in [-0.15, -0.1) is 5.10 Å². The lowest BCUT2D eigenvalue weighted by atomic mass is 10.0. The van der Waals surface area contributed by atoms with Crippen molar-refractivity contribution < 1.29 is 12.8 Å². The SMILES string of the molecule is O=c1n(CCNS(=O)(=O)C2CCCCC2)nc(-c2ccco2)n1C1CC1. The Balaban J connectivity index is 1.47. The molecule has 0 amide bonds. The van der Waals surface area contributed by atoms with E-state index in [2.05, 4.69) is 9.82 Å². The van der Waals surface area contributed by atoms with Crippen LogP contribution in [0.25, 0.3) is 11.6 Å². The molecule has 2 heterocycles. The lowest BCUT2D eigenvalue weighted by Crippen LogP contribution is -2.38. The van der Waals surface area contributed by atoms with Crippen LogP contribution in [0, 0.1) is 0 Å². The van der Waals surface area contributed by atoms with Crippen LogP contribution in [0.3, 0.4) is 0 Å². The fourth-order valence-corrected chi connectivity index (χ4v) is 5.15. The molecule has 0 bridgehead atoms. The van der Waals surface area contributed by atoms with Gasteiger partial charge in [0.1, 0.15) is 0 Å². The summed E-state index contributed by atoms with van der Waals surface area (Å²) in [6, 6.07) is 3.70. The van der Waals surface area contributed by atoms with E-state index in [1.54, 1.807) is 23.0 Å². The van der Waals surface area contributed by atoms with E-state index in [1.807, 2.05) is 0 Å². The Morgan fingerprint density at radius 3 is 2.62 bits per heavy atom. The standard InChI is InChI=1S/C17H24N4O4S/c22-17-20(11-10-18-26(23,24)14-5-2-1-3-6-14)19-16(15-7-4-12-25-15)21(17)13-8-9-13/h4,7,12-14,18H,1-3,5-6,8-11H2. The number of nitrogens with zero attached hydrogens (tertiary/aromatic N) is 3. The summed E-state index contributed by atoms with van der Waals surface area (Å²) < 4.78 is 35.8. The van der Waals surface area contributed by atoms with E-state index in [1.165, 1.54) is 4.68 Å². The Morgan fingerprint density at radius 2 is 1.96 bits per heavy atom. The van der Waals surface area contributed by atoms with Crippen LogP contribution in [0.4, 0.5) is 0 Å². The van der Waals surface area contributed by atoms with Crippen molar-refractivity contribution in [2.75, 3.05) is 6.54 Å². The largest absolute Gasteiger partial charge is 0.461 e. The lowest BCUT2D eigenvalue weighted by Gasteiger charge is -2.21. The predicted molar refractivity (Wildman–Crippen MR) is 96.3 cm³/mol. The van der Waals surface area contributed by atoms with E-state index in [0.29, 0.717) is 24.4 Å². The highest BCUT2D eigenvalue weighted by Gasteiger charge is 2.31. The second-order valence-corrected chi connectivity index (χ2v) is 9.15. The maximum absolute atomic E-state index is 12.7. The number of hydrogen-bond donors (Lipinski definition) is 1. The number of aromatic nitrogens is 3. The molecule has 0 aromatic carbocycles. The van der Waals surface area contributed by atoms with Crippen LogP contribution in [0.5, 0.6) is 0 Å². The van der Waals surface area contributed by atoms with Crippen LogP contribution in [0.15, 0.2) is 27.6 Å². The van der Waals surface area contributed by atoms with Crippen LogP contribution in [-0.4, -0.2) is 34.6 Å². The van der Waals surface area contributed by atoms with Crippen LogP contribution >= 0.6 is 0 Å². The topological polar surface area (TPSA) is 99.1 Å². The van der Waals surface area contributed by atoms with Gasteiger partial charge in [0.15, 0.2) is 5.76 Å². The summed E-state index contributed by atoms with van der Waals surface area (Å²) in [5, 5.41) is 4.07. The van der Waals surface area contributed by atoms with Gasteiger partial charge >= 0.3 is 5.69 Å². The number of hydrogen-bond acceptors (Lipinski definition) is 5. The van der Waals surface area contributed by atoms with Gasteiger partial charge in [-0.1, -0.05) is 19.3 Å². The third-order valence-electron chi connectivity index (χ3n) is 5.14.